The molecule has 1 saturated carbocycles. The van der Waals surface area contributed by atoms with Crippen LogP contribution in [0.1, 0.15) is 37.0 Å². The first-order chi connectivity index (χ1) is 18.5. The molecule has 0 bridgehead atoms. The Hall–Kier alpha value is -4.45. The number of aromatic nitrogens is 3. The van der Waals surface area contributed by atoms with Crippen LogP contribution in [-0.2, 0) is 0 Å². The van der Waals surface area contributed by atoms with Crippen molar-refractivity contribution in [3.8, 4) is 33.6 Å². The lowest BCUT2D eigenvalue weighted by atomic mass is 10.0. The van der Waals surface area contributed by atoms with E-state index in [0.717, 1.165) is 58.9 Å². The molecule has 0 aliphatic heterocycles. The molecule has 6 rings (SSSR count). The number of rotatable bonds is 8. The summed E-state index contributed by atoms with van der Waals surface area (Å²) >= 11 is 0. The van der Waals surface area contributed by atoms with Crippen molar-refractivity contribution in [1.29, 1.82) is 0 Å². The van der Waals surface area contributed by atoms with Gasteiger partial charge in [-0.05, 0) is 48.1 Å². The Morgan fingerprint density at radius 1 is 0.921 bits per heavy atom. The Balaban J connectivity index is 1.41. The van der Waals surface area contributed by atoms with Crippen LogP contribution >= 0.6 is 0 Å². The number of carbonyl (C=O) groups excluding carboxylic acids is 1. The molecule has 1 amide bonds. The lowest BCUT2D eigenvalue weighted by molar-refractivity contribution is 0.0951. The van der Waals surface area contributed by atoms with Crippen LogP contribution in [0.15, 0.2) is 91.3 Å². The fraction of sp³-hybridized carbons (Fsp3) is 0.219. The number of fused-ring (bicyclic) bond motifs is 1. The number of imidazole rings is 1. The fourth-order valence-electron chi connectivity index (χ4n) is 4.54. The minimum atomic E-state index is -0.0119. The van der Waals surface area contributed by atoms with Crippen molar-refractivity contribution in [2.45, 2.75) is 32.7 Å². The average Bonchev–Trinajstić information content (AvgIpc) is 3.67. The van der Waals surface area contributed by atoms with Gasteiger partial charge in [-0.1, -0.05) is 74.5 Å². The molecular weight excluding hydrogens is 470 g/mol. The summed E-state index contributed by atoms with van der Waals surface area (Å²) in [5.74, 6) is 1.21. The lowest BCUT2D eigenvalue weighted by Crippen LogP contribution is -2.25. The predicted octanol–water partition coefficient (Wildman–Crippen LogP) is 6.69. The molecule has 0 unspecified atom stereocenters. The summed E-state index contributed by atoms with van der Waals surface area (Å²) in [6.07, 6.45) is 6.07. The largest absolute Gasteiger partial charge is 0.367 e. The third-order valence-electron chi connectivity index (χ3n) is 6.79. The maximum Gasteiger partial charge on any atom is 0.251 e. The van der Waals surface area contributed by atoms with Gasteiger partial charge in [-0.2, -0.15) is 0 Å². The molecule has 0 radical (unpaired) electrons. The van der Waals surface area contributed by atoms with Gasteiger partial charge >= 0.3 is 0 Å². The first-order valence-electron chi connectivity index (χ1n) is 13.2. The van der Waals surface area contributed by atoms with Crippen molar-refractivity contribution in [1.82, 2.24) is 19.7 Å². The molecule has 2 heterocycles. The summed E-state index contributed by atoms with van der Waals surface area (Å²) in [6.45, 7) is 5.15. The molecule has 1 aliphatic rings. The van der Waals surface area contributed by atoms with Crippen LogP contribution in [0.3, 0.4) is 0 Å². The molecule has 5 aromatic rings. The fourth-order valence-corrected chi connectivity index (χ4v) is 4.54. The van der Waals surface area contributed by atoms with Gasteiger partial charge in [-0.25, -0.2) is 9.97 Å². The van der Waals surface area contributed by atoms with Crippen LogP contribution < -0.4 is 10.6 Å². The minimum Gasteiger partial charge on any atom is -0.367 e. The summed E-state index contributed by atoms with van der Waals surface area (Å²) in [4.78, 5) is 22.2. The van der Waals surface area contributed by atoms with Gasteiger partial charge in [0, 0.05) is 35.5 Å². The first kappa shape index (κ1) is 23.9. The van der Waals surface area contributed by atoms with E-state index in [1.807, 2.05) is 36.5 Å². The molecule has 0 saturated heterocycles. The van der Waals surface area contributed by atoms with E-state index in [1.165, 1.54) is 5.56 Å². The Labute approximate surface area is 222 Å². The average molecular weight is 502 g/mol. The van der Waals surface area contributed by atoms with Crippen LogP contribution in [0.4, 0.5) is 5.82 Å². The Morgan fingerprint density at radius 3 is 2.39 bits per heavy atom. The maximum atomic E-state index is 12.5. The minimum absolute atomic E-state index is 0.0119. The van der Waals surface area contributed by atoms with E-state index < -0.39 is 0 Å². The van der Waals surface area contributed by atoms with Crippen LogP contribution in [0, 0.1) is 5.92 Å². The number of hydrogen-bond donors (Lipinski definition) is 2. The van der Waals surface area contributed by atoms with Gasteiger partial charge in [0.25, 0.3) is 5.91 Å². The normalized spacial score (nSPS) is 13.1. The van der Waals surface area contributed by atoms with Crippen molar-refractivity contribution < 1.29 is 4.79 Å². The summed E-state index contributed by atoms with van der Waals surface area (Å²) in [7, 11) is 0. The number of benzene rings is 3. The quantitative estimate of drug-likeness (QED) is 0.248. The molecule has 2 N–H and O–H groups in total. The predicted molar refractivity (Wildman–Crippen MR) is 153 cm³/mol. The van der Waals surface area contributed by atoms with Crippen LogP contribution in [0.5, 0.6) is 0 Å². The summed E-state index contributed by atoms with van der Waals surface area (Å²) in [6, 6.07) is 26.9. The van der Waals surface area contributed by atoms with Gasteiger partial charge in [-0.15, -0.1) is 0 Å². The zero-order chi connectivity index (χ0) is 26.1. The Kier molecular flexibility index (Phi) is 6.38. The molecule has 6 nitrogen and oxygen atoms in total. The summed E-state index contributed by atoms with van der Waals surface area (Å²) in [5.41, 5.74) is 7.60. The van der Waals surface area contributed by atoms with Gasteiger partial charge in [0.2, 0.25) is 0 Å². The third-order valence-corrected chi connectivity index (χ3v) is 6.79. The van der Waals surface area contributed by atoms with Crippen molar-refractivity contribution in [3.05, 3.63) is 96.8 Å². The number of nitrogens with one attached hydrogen (secondary N) is 2. The standard InChI is InChI=1S/C32H31N5O/c1-21(2)18-33-30-31-34-19-29(23-11-13-24(14-12-23)32(38)35-27-15-16-27)37(31)20-28(36-30)26-10-6-9-25(17-26)22-7-4-3-5-8-22/h3-14,17,19-21,27H,15-16,18H2,1-2H3,(H,33,36)(H,35,38). The monoisotopic (exact) mass is 501 g/mol. The molecule has 3 aromatic carbocycles. The SMILES string of the molecule is CC(C)CNc1nc(-c2cccc(-c3ccccc3)c2)cn2c(-c3ccc(C(=O)NC4CC4)cc3)cnc12. The second-order valence-corrected chi connectivity index (χ2v) is 10.4. The highest BCUT2D eigenvalue weighted by atomic mass is 16.1. The number of anilines is 1. The maximum absolute atomic E-state index is 12.5. The van der Waals surface area contributed by atoms with Gasteiger partial charge in [0.05, 0.1) is 17.6 Å². The lowest BCUT2D eigenvalue weighted by Gasteiger charge is -2.13. The third kappa shape index (κ3) is 5.02. The van der Waals surface area contributed by atoms with Crippen molar-refractivity contribution >= 4 is 17.4 Å². The Bertz CT molecular complexity index is 1580. The molecule has 0 spiro atoms. The molecule has 190 valence electrons. The highest BCUT2D eigenvalue weighted by molar-refractivity contribution is 5.95. The van der Waals surface area contributed by atoms with E-state index in [9.17, 15) is 4.79 Å². The molecular formula is C32H31N5O. The summed E-state index contributed by atoms with van der Waals surface area (Å²) < 4.78 is 2.10. The van der Waals surface area contributed by atoms with E-state index in [0.29, 0.717) is 17.5 Å². The topological polar surface area (TPSA) is 71.3 Å². The molecule has 1 aliphatic carbocycles. The Morgan fingerprint density at radius 2 is 1.66 bits per heavy atom. The van der Waals surface area contributed by atoms with Crippen LogP contribution in [0.25, 0.3) is 39.3 Å². The zero-order valence-electron chi connectivity index (χ0n) is 21.7. The molecule has 6 heteroatoms. The van der Waals surface area contributed by atoms with Crippen molar-refractivity contribution in [2.75, 3.05) is 11.9 Å². The van der Waals surface area contributed by atoms with Crippen molar-refractivity contribution in [2.24, 2.45) is 5.92 Å². The second kappa shape index (κ2) is 10.1. The molecule has 1 fully saturated rings. The summed E-state index contributed by atoms with van der Waals surface area (Å²) in [5, 5.41) is 6.56. The zero-order valence-corrected chi connectivity index (χ0v) is 21.7. The van der Waals surface area contributed by atoms with Crippen LogP contribution in [0.2, 0.25) is 0 Å². The second-order valence-electron chi connectivity index (χ2n) is 10.4. The van der Waals surface area contributed by atoms with Gasteiger partial charge in [0.1, 0.15) is 0 Å². The molecule has 2 aromatic heterocycles. The van der Waals surface area contributed by atoms with Gasteiger partial charge < -0.3 is 10.6 Å². The first-order valence-corrected chi connectivity index (χ1v) is 13.2. The highest BCUT2D eigenvalue weighted by Crippen LogP contribution is 2.30. The molecule has 0 atom stereocenters. The van der Waals surface area contributed by atoms with E-state index in [4.69, 9.17) is 9.97 Å². The number of hydrogen-bond acceptors (Lipinski definition) is 4. The van der Waals surface area contributed by atoms with E-state index in [-0.39, 0.29) is 5.91 Å². The highest BCUT2D eigenvalue weighted by Gasteiger charge is 2.24. The van der Waals surface area contributed by atoms with Crippen molar-refractivity contribution in [3.63, 3.8) is 0 Å². The number of carbonyl (C=O) groups is 1. The number of nitrogens with zero attached hydrogens (tertiary/aromatic N) is 3. The van der Waals surface area contributed by atoms with E-state index in [2.05, 4.69) is 83.6 Å². The molecule has 38 heavy (non-hydrogen) atoms. The van der Waals surface area contributed by atoms with Crippen LogP contribution in [-0.4, -0.2) is 32.9 Å². The smallest absolute Gasteiger partial charge is 0.251 e. The van der Waals surface area contributed by atoms with Gasteiger partial charge in [-0.3, -0.25) is 9.20 Å². The van der Waals surface area contributed by atoms with E-state index >= 15 is 0 Å². The van der Waals surface area contributed by atoms with E-state index in [1.54, 1.807) is 0 Å². The van der Waals surface area contributed by atoms with Gasteiger partial charge in [0.15, 0.2) is 11.5 Å². The number of amides is 1.